The molecule has 27 heavy (non-hydrogen) atoms. The largest absolute Gasteiger partial charge is 0.467 e. The third kappa shape index (κ3) is 5.19. The number of amides is 1. The van der Waals surface area contributed by atoms with Gasteiger partial charge in [0.1, 0.15) is 11.6 Å². The molecule has 1 aliphatic heterocycles. The van der Waals surface area contributed by atoms with Gasteiger partial charge in [-0.2, -0.15) is 0 Å². The molecular formula is C20H22ClFN2O3. The van der Waals surface area contributed by atoms with Crippen LogP contribution in [0.1, 0.15) is 22.7 Å². The minimum absolute atomic E-state index is 0.0254. The molecule has 2 aromatic carbocycles. The molecule has 1 N–H and O–H groups in total. The van der Waals surface area contributed by atoms with E-state index in [1.54, 1.807) is 12.1 Å². The molecule has 3 rings (SSSR count). The van der Waals surface area contributed by atoms with Gasteiger partial charge >= 0.3 is 0 Å². The summed E-state index contributed by atoms with van der Waals surface area (Å²) in [5.74, 6) is -0.0821. The van der Waals surface area contributed by atoms with Crippen molar-refractivity contribution in [3.05, 3.63) is 63.9 Å². The van der Waals surface area contributed by atoms with E-state index in [2.05, 4.69) is 5.32 Å². The summed E-state index contributed by atoms with van der Waals surface area (Å²) < 4.78 is 24.5. The molecule has 1 heterocycles. The Hall–Kier alpha value is -2.15. The quantitative estimate of drug-likeness (QED) is 0.819. The molecule has 1 unspecified atom stereocenters. The molecule has 0 aromatic heterocycles. The number of fused-ring (bicyclic) bond motifs is 1. The number of rotatable bonds is 6. The molecule has 0 bridgehead atoms. The normalized spacial score (nSPS) is 14.4. The van der Waals surface area contributed by atoms with Crippen LogP contribution in [0.2, 0.25) is 5.02 Å². The lowest BCUT2D eigenvalue weighted by molar-refractivity contribution is -0.121. The second kappa shape index (κ2) is 8.69. The van der Waals surface area contributed by atoms with Gasteiger partial charge < -0.3 is 19.7 Å². The summed E-state index contributed by atoms with van der Waals surface area (Å²) in [5, 5.41) is 3.66. The van der Waals surface area contributed by atoms with Crippen LogP contribution in [-0.4, -0.2) is 38.2 Å². The molecule has 7 heteroatoms. The molecule has 0 saturated carbocycles. The third-order valence-electron chi connectivity index (χ3n) is 4.26. The maximum absolute atomic E-state index is 13.9. The van der Waals surface area contributed by atoms with Gasteiger partial charge in [0, 0.05) is 22.7 Å². The van der Waals surface area contributed by atoms with Crippen LogP contribution in [0.15, 0.2) is 36.4 Å². The molecule has 144 valence electrons. The smallest absolute Gasteiger partial charge is 0.225 e. The number of hydrogen-bond donors (Lipinski definition) is 1. The predicted octanol–water partition coefficient (Wildman–Crippen LogP) is 3.31. The first-order chi connectivity index (χ1) is 12.9. The van der Waals surface area contributed by atoms with Crippen molar-refractivity contribution in [1.82, 2.24) is 10.2 Å². The molecule has 1 aliphatic rings. The van der Waals surface area contributed by atoms with Gasteiger partial charge in [-0.25, -0.2) is 4.39 Å². The Kier molecular flexibility index (Phi) is 6.31. The number of nitrogens with one attached hydrogen (secondary N) is 1. The number of nitrogens with zero attached hydrogens (tertiary/aromatic N) is 1. The summed E-state index contributed by atoms with van der Waals surface area (Å²) in [6.45, 7) is 0.996. The van der Waals surface area contributed by atoms with Crippen LogP contribution < -0.4 is 10.1 Å². The van der Waals surface area contributed by atoms with Crippen LogP contribution in [0.3, 0.4) is 0 Å². The van der Waals surface area contributed by atoms with Gasteiger partial charge in [-0.3, -0.25) is 4.79 Å². The first-order valence-corrected chi connectivity index (χ1v) is 9.01. The first-order valence-electron chi connectivity index (χ1n) is 8.64. The molecule has 0 spiro atoms. The fourth-order valence-electron chi connectivity index (χ4n) is 3.10. The van der Waals surface area contributed by atoms with E-state index in [-0.39, 0.29) is 31.8 Å². The highest BCUT2D eigenvalue weighted by Gasteiger charge is 2.21. The van der Waals surface area contributed by atoms with E-state index in [0.717, 1.165) is 5.56 Å². The molecule has 0 fully saturated rings. The fraction of sp³-hybridized carbons (Fsp3) is 0.350. The standard InChI is InChI=1S/C20H22ClFN2O3/c1-24(2)10-18(13-3-5-16(21)6-4-13)23-19(25)9-14-7-17(22)8-15-11-26-12-27-20(14)15/h3-8,18H,9-12H2,1-2H3,(H,23,25). The van der Waals surface area contributed by atoms with Crippen molar-refractivity contribution in [3.8, 4) is 5.75 Å². The van der Waals surface area contributed by atoms with E-state index < -0.39 is 5.82 Å². The minimum Gasteiger partial charge on any atom is -0.467 e. The first kappa shape index (κ1) is 19.6. The van der Waals surface area contributed by atoms with E-state index in [1.165, 1.54) is 12.1 Å². The number of ether oxygens (including phenoxy) is 2. The maximum atomic E-state index is 13.9. The van der Waals surface area contributed by atoms with Crippen molar-refractivity contribution >= 4 is 17.5 Å². The van der Waals surface area contributed by atoms with Crippen molar-refractivity contribution in [2.75, 3.05) is 27.4 Å². The highest BCUT2D eigenvalue weighted by molar-refractivity contribution is 6.30. The van der Waals surface area contributed by atoms with Gasteiger partial charge in [0.15, 0.2) is 6.79 Å². The third-order valence-corrected chi connectivity index (χ3v) is 4.51. The zero-order valence-corrected chi connectivity index (χ0v) is 16.1. The van der Waals surface area contributed by atoms with Gasteiger partial charge in [0.2, 0.25) is 5.91 Å². The molecule has 5 nitrogen and oxygen atoms in total. The number of likely N-dealkylation sites (N-methyl/N-ethyl adjacent to an activating group) is 1. The van der Waals surface area contributed by atoms with Crippen molar-refractivity contribution < 1.29 is 18.7 Å². The Morgan fingerprint density at radius 1 is 1.30 bits per heavy atom. The van der Waals surface area contributed by atoms with Gasteiger partial charge in [-0.15, -0.1) is 0 Å². The summed E-state index contributed by atoms with van der Waals surface area (Å²) >= 11 is 5.96. The minimum atomic E-state index is -0.409. The lowest BCUT2D eigenvalue weighted by Crippen LogP contribution is -2.36. The summed E-state index contributed by atoms with van der Waals surface area (Å²) in [5.41, 5.74) is 2.09. The Labute approximate surface area is 163 Å². The van der Waals surface area contributed by atoms with Crippen LogP contribution in [-0.2, 0) is 22.6 Å². The number of benzene rings is 2. The average molecular weight is 393 g/mol. The molecule has 0 aliphatic carbocycles. The fourth-order valence-corrected chi connectivity index (χ4v) is 3.23. The van der Waals surface area contributed by atoms with Gasteiger partial charge in [-0.1, -0.05) is 23.7 Å². The van der Waals surface area contributed by atoms with Crippen molar-refractivity contribution in [1.29, 1.82) is 0 Å². The Morgan fingerprint density at radius 3 is 2.74 bits per heavy atom. The Balaban J connectivity index is 1.76. The maximum Gasteiger partial charge on any atom is 0.225 e. The monoisotopic (exact) mass is 392 g/mol. The predicted molar refractivity (Wildman–Crippen MR) is 101 cm³/mol. The second-order valence-electron chi connectivity index (χ2n) is 6.77. The highest BCUT2D eigenvalue weighted by Crippen LogP contribution is 2.30. The second-order valence-corrected chi connectivity index (χ2v) is 7.21. The SMILES string of the molecule is CN(C)CC(NC(=O)Cc1cc(F)cc2c1OCOC2)c1ccc(Cl)cc1. The van der Waals surface area contributed by atoms with Crippen LogP contribution in [0.4, 0.5) is 4.39 Å². The van der Waals surface area contributed by atoms with Crippen molar-refractivity contribution in [2.24, 2.45) is 0 Å². The summed E-state index contributed by atoms with van der Waals surface area (Å²) in [7, 11) is 3.87. The van der Waals surface area contributed by atoms with E-state index >= 15 is 0 Å². The lowest BCUT2D eigenvalue weighted by Gasteiger charge is -2.24. The highest BCUT2D eigenvalue weighted by atomic mass is 35.5. The molecule has 1 atom stereocenters. The topological polar surface area (TPSA) is 50.8 Å². The number of carbonyl (C=O) groups is 1. The molecular weight excluding hydrogens is 371 g/mol. The Morgan fingerprint density at radius 2 is 2.04 bits per heavy atom. The molecule has 2 aromatic rings. The lowest BCUT2D eigenvalue weighted by atomic mass is 10.0. The van der Waals surface area contributed by atoms with E-state index in [0.29, 0.717) is 28.4 Å². The van der Waals surface area contributed by atoms with Crippen molar-refractivity contribution in [3.63, 3.8) is 0 Å². The van der Waals surface area contributed by atoms with Crippen molar-refractivity contribution in [2.45, 2.75) is 19.1 Å². The zero-order valence-electron chi connectivity index (χ0n) is 15.3. The van der Waals surface area contributed by atoms with E-state index in [1.807, 2.05) is 31.1 Å². The van der Waals surface area contributed by atoms with Crippen LogP contribution in [0.25, 0.3) is 0 Å². The van der Waals surface area contributed by atoms with Gasteiger partial charge in [-0.05, 0) is 43.9 Å². The molecule has 0 radical (unpaired) electrons. The van der Waals surface area contributed by atoms with Gasteiger partial charge in [0.25, 0.3) is 0 Å². The summed E-state index contributed by atoms with van der Waals surface area (Å²) in [6, 6.07) is 9.87. The molecule has 0 saturated heterocycles. The summed E-state index contributed by atoms with van der Waals surface area (Å²) in [6.07, 6.45) is 0.0254. The Bertz CT molecular complexity index is 812. The van der Waals surface area contributed by atoms with Gasteiger partial charge in [0.05, 0.1) is 19.1 Å². The van der Waals surface area contributed by atoms with E-state index in [9.17, 15) is 9.18 Å². The zero-order chi connectivity index (χ0) is 19.4. The number of hydrogen-bond acceptors (Lipinski definition) is 4. The molecule has 1 amide bonds. The summed E-state index contributed by atoms with van der Waals surface area (Å²) in [4.78, 5) is 14.7. The van der Waals surface area contributed by atoms with Crippen LogP contribution >= 0.6 is 11.6 Å². The number of carbonyl (C=O) groups excluding carboxylic acids is 1. The van der Waals surface area contributed by atoms with Crippen LogP contribution in [0.5, 0.6) is 5.75 Å². The number of halogens is 2. The average Bonchev–Trinajstić information content (AvgIpc) is 2.61. The van der Waals surface area contributed by atoms with E-state index in [4.69, 9.17) is 21.1 Å². The van der Waals surface area contributed by atoms with Crippen LogP contribution in [0, 0.1) is 5.82 Å².